The average Bonchev–Trinajstić information content (AvgIpc) is 2.72. The lowest BCUT2D eigenvalue weighted by atomic mass is 10.0. The number of halogens is 1. The van der Waals surface area contributed by atoms with Gasteiger partial charge in [-0.3, -0.25) is 9.69 Å². The third-order valence-corrected chi connectivity index (χ3v) is 4.66. The fraction of sp³-hybridized carbons (Fsp3) is 0.318. The molecule has 28 heavy (non-hydrogen) atoms. The number of ether oxygens (including phenoxy) is 1. The van der Waals surface area contributed by atoms with Gasteiger partial charge in [0.15, 0.2) is 0 Å². The van der Waals surface area contributed by atoms with Crippen molar-refractivity contribution < 1.29 is 19.0 Å². The van der Waals surface area contributed by atoms with Crippen LogP contribution in [-0.4, -0.2) is 48.8 Å². The highest BCUT2D eigenvalue weighted by Crippen LogP contribution is 2.16. The van der Waals surface area contributed by atoms with Gasteiger partial charge in [0.25, 0.3) is 0 Å². The van der Waals surface area contributed by atoms with Crippen molar-refractivity contribution in [2.75, 3.05) is 32.9 Å². The molecule has 148 valence electrons. The van der Waals surface area contributed by atoms with Crippen LogP contribution >= 0.6 is 0 Å². The minimum Gasteiger partial charge on any atom is -0.394 e. The van der Waals surface area contributed by atoms with Gasteiger partial charge in [-0.05, 0) is 34.9 Å². The number of aliphatic hydroxyl groups is 1. The maximum atomic E-state index is 12.9. The molecule has 2 N–H and O–H groups in total. The Bertz CT molecular complexity index is 802. The molecule has 0 saturated carbocycles. The second-order valence-electron chi connectivity index (χ2n) is 6.76. The summed E-state index contributed by atoms with van der Waals surface area (Å²) in [5, 5.41) is 12.6. The molecule has 2 aromatic rings. The van der Waals surface area contributed by atoms with Crippen LogP contribution in [0.5, 0.6) is 0 Å². The molecule has 1 heterocycles. The molecule has 5 nitrogen and oxygen atoms in total. The number of rotatable bonds is 7. The second-order valence-corrected chi connectivity index (χ2v) is 6.76. The number of nitrogens with one attached hydrogen (secondary N) is 1. The Balaban J connectivity index is 1.61. The standard InChI is InChI=1S/C22H25FN2O3/c23-20-7-4-17(5-8-20)6-9-22(27)24-21(16-26)19-3-1-2-18(14-19)15-25-10-12-28-13-11-25/h1-9,14,21,26H,10-13,15-16H2,(H,24,27)/b9-6+/t21-/m0/s1. The number of carbonyl (C=O) groups excluding carboxylic acids is 1. The fourth-order valence-electron chi connectivity index (χ4n) is 3.13. The Kier molecular flexibility index (Phi) is 7.31. The van der Waals surface area contributed by atoms with Gasteiger partial charge in [0.05, 0.1) is 25.9 Å². The lowest BCUT2D eigenvalue weighted by molar-refractivity contribution is -0.117. The van der Waals surface area contributed by atoms with Gasteiger partial charge in [0.2, 0.25) is 5.91 Å². The van der Waals surface area contributed by atoms with E-state index in [2.05, 4.69) is 10.2 Å². The summed E-state index contributed by atoms with van der Waals surface area (Å²) in [4.78, 5) is 14.5. The molecule has 0 bridgehead atoms. The van der Waals surface area contributed by atoms with E-state index >= 15 is 0 Å². The van der Waals surface area contributed by atoms with Gasteiger partial charge in [-0.1, -0.05) is 36.4 Å². The predicted octanol–water partition coefficient (Wildman–Crippen LogP) is 2.52. The molecule has 0 aromatic heterocycles. The van der Waals surface area contributed by atoms with E-state index in [-0.39, 0.29) is 18.3 Å². The smallest absolute Gasteiger partial charge is 0.244 e. The van der Waals surface area contributed by atoms with Crippen molar-refractivity contribution in [3.8, 4) is 0 Å². The van der Waals surface area contributed by atoms with Crippen molar-refractivity contribution >= 4 is 12.0 Å². The molecule has 0 aliphatic carbocycles. The fourth-order valence-corrected chi connectivity index (χ4v) is 3.13. The molecule has 1 saturated heterocycles. The first-order valence-electron chi connectivity index (χ1n) is 9.38. The molecule has 0 radical (unpaired) electrons. The second kappa shape index (κ2) is 10.1. The number of aliphatic hydroxyl groups excluding tert-OH is 1. The summed E-state index contributed by atoms with van der Waals surface area (Å²) in [6.45, 7) is 3.91. The van der Waals surface area contributed by atoms with E-state index in [0.717, 1.165) is 49.5 Å². The highest BCUT2D eigenvalue weighted by atomic mass is 19.1. The summed E-state index contributed by atoms with van der Waals surface area (Å²) < 4.78 is 18.3. The minimum atomic E-state index is -0.491. The summed E-state index contributed by atoms with van der Waals surface area (Å²) in [7, 11) is 0. The summed E-state index contributed by atoms with van der Waals surface area (Å²) >= 11 is 0. The molecule has 1 atom stereocenters. The predicted molar refractivity (Wildman–Crippen MR) is 106 cm³/mol. The monoisotopic (exact) mass is 384 g/mol. The van der Waals surface area contributed by atoms with Crippen molar-refractivity contribution in [2.45, 2.75) is 12.6 Å². The van der Waals surface area contributed by atoms with Crippen LogP contribution in [0.4, 0.5) is 4.39 Å². The molecular weight excluding hydrogens is 359 g/mol. The molecule has 0 spiro atoms. The molecule has 1 amide bonds. The number of carbonyl (C=O) groups is 1. The maximum Gasteiger partial charge on any atom is 0.244 e. The van der Waals surface area contributed by atoms with E-state index < -0.39 is 6.04 Å². The highest BCUT2D eigenvalue weighted by Gasteiger charge is 2.15. The average molecular weight is 384 g/mol. The normalized spacial score (nSPS) is 16.2. The van der Waals surface area contributed by atoms with Gasteiger partial charge in [-0.2, -0.15) is 0 Å². The Morgan fingerprint density at radius 3 is 2.68 bits per heavy atom. The van der Waals surface area contributed by atoms with Crippen LogP contribution in [0.2, 0.25) is 0 Å². The topological polar surface area (TPSA) is 61.8 Å². The van der Waals surface area contributed by atoms with Crippen molar-refractivity contribution in [3.63, 3.8) is 0 Å². The van der Waals surface area contributed by atoms with Crippen molar-refractivity contribution in [1.29, 1.82) is 0 Å². The van der Waals surface area contributed by atoms with E-state index in [1.54, 1.807) is 18.2 Å². The first kappa shape index (κ1) is 20.2. The van der Waals surface area contributed by atoms with Gasteiger partial charge in [0, 0.05) is 25.7 Å². The number of benzene rings is 2. The Morgan fingerprint density at radius 1 is 1.21 bits per heavy atom. The largest absolute Gasteiger partial charge is 0.394 e. The van der Waals surface area contributed by atoms with Crippen LogP contribution in [0.3, 0.4) is 0 Å². The number of hydrogen-bond donors (Lipinski definition) is 2. The molecule has 1 fully saturated rings. The summed E-state index contributed by atoms with van der Waals surface area (Å²) in [6.07, 6.45) is 2.99. The summed E-state index contributed by atoms with van der Waals surface area (Å²) in [5.41, 5.74) is 2.72. The van der Waals surface area contributed by atoms with Crippen LogP contribution < -0.4 is 5.32 Å². The SMILES string of the molecule is O=C(/C=C/c1ccc(F)cc1)N[C@@H](CO)c1cccc(CN2CCOCC2)c1. The number of nitrogens with zero attached hydrogens (tertiary/aromatic N) is 1. The Hall–Kier alpha value is -2.54. The molecule has 1 aliphatic heterocycles. The van der Waals surface area contributed by atoms with E-state index in [0.29, 0.717) is 0 Å². The van der Waals surface area contributed by atoms with E-state index in [4.69, 9.17) is 4.74 Å². The number of amides is 1. The molecular formula is C22H25FN2O3. The minimum absolute atomic E-state index is 0.197. The summed E-state index contributed by atoms with van der Waals surface area (Å²) in [5.74, 6) is -0.638. The zero-order valence-corrected chi connectivity index (χ0v) is 15.7. The van der Waals surface area contributed by atoms with Crippen molar-refractivity contribution in [1.82, 2.24) is 10.2 Å². The van der Waals surface area contributed by atoms with Gasteiger partial charge < -0.3 is 15.2 Å². The van der Waals surface area contributed by atoms with Crippen LogP contribution in [0.1, 0.15) is 22.7 Å². The third kappa shape index (κ3) is 5.99. The van der Waals surface area contributed by atoms with E-state index in [9.17, 15) is 14.3 Å². The first-order valence-corrected chi connectivity index (χ1v) is 9.38. The zero-order chi connectivity index (χ0) is 19.8. The van der Waals surface area contributed by atoms with Crippen molar-refractivity contribution in [2.24, 2.45) is 0 Å². The number of hydrogen-bond acceptors (Lipinski definition) is 4. The van der Waals surface area contributed by atoms with Gasteiger partial charge in [0.1, 0.15) is 5.82 Å². The Morgan fingerprint density at radius 2 is 1.96 bits per heavy atom. The number of morpholine rings is 1. The third-order valence-electron chi connectivity index (χ3n) is 4.66. The van der Waals surface area contributed by atoms with Crippen LogP contribution in [-0.2, 0) is 16.1 Å². The highest BCUT2D eigenvalue weighted by molar-refractivity contribution is 5.92. The molecule has 1 aliphatic rings. The molecule has 6 heteroatoms. The quantitative estimate of drug-likeness (QED) is 0.720. The first-order chi connectivity index (χ1) is 13.6. The van der Waals surface area contributed by atoms with Crippen LogP contribution in [0.15, 0.2) is 54.6 Å². The van der Waals surface area contributed by atoms with Crippen molar-refractivity contribution in [3.05, 3.63) is 77.1 Å². The zero-order valence-electron chi connectivity index (χ0n) is 15.7. The lowest BCUT2D eigenvalue weighted by Crippen LogP contribution is -2.35. The lowest BCUT2D eigenvalue weighted by Gasteiger charge is -2.27. The van der Waals surface area contributed by atoms with Gasteiger partial charge in [-0.25, -0.2) is 4.39 Å². The van der Waals surface area contributed by atoms with Crippen LogP contribution in [0.25, 0.3) is 6.08 Å². The van der Waals surface area contributed by atoms with Gasteiger partial charge in [-0.15, -0.1) is 0 Å². The Labute approximate surface area is 164 Å². The van der Waals surface area contributed by atoms with E-state index in [1.165, 1.54) is 18.2 Å². The van der Waals surface area contributed by atoms with E-state index in [1.807, 2.05) is 24.3 Å². The molecule has 0 unspecified atom stereocenters. The maximum absolute atomic E-state index is 12.9. The molecule has 3 rings (SSSR count). The molecule has 2 aromatic carbocycles. The summed E-state index contributed by atoms with van der Waals surface area (Å²) in [6, 6.07) is 13.3. The van der Waals surface area contributed by atoms with Gasteiger partial charge >= 0.3 is 0 Å². The van der Waals surface area contributed by atoms with Crippen LogP contribution in [0, 0.1) is 5.82 Å².